The van der Waals surface area contributed by atoms with Crippen molar-refractivity contribution in [3.8, 4) is 0 Å². The van der Waals surface area contributed by atoms with Crippen molar-refractivity contribution in [3.63, 3.8) is 0 Å². The first-order chi connectivity index (χ1) is 13.2. The maximum atomic E-state index is 12.8. The van der Waals surface area contributed by atoms with E-state index in [1.807, 2.05) is 28.8 Å². The number of para-hydroxylation sites is 2. The lowest BCUT2D eigenvalue weighted by Crippen LogP contribution is -2.18. The summed E-state index contributed by atoms with van der Waals surface area (Å²) in [4.78, 5) is 22.2. The SMILES string of the molecule is CCCCn1c(N)c(C(=O)OC[C@H]2CCCO2)c2nc3ccccc3nc21. The van der Waals surface area contributed by atoms with Crippen LogP contribution in [0.15, 0.2) is 24.3 Å². The number of nitrogens with zero attached hydrogens (tertiary/aromatic N) is 3. The number of benzene rings is 1. The fourth-order valence-electron chi connectivity index (χ4n) is 3.48. The zero-order chi connectivity index (χ0) is 18.8. The number of hydrogen-bond donors (Lipinski definition) is 1. The number of anilines is 1. The van der Waals surface area contributed by atoms with Crippen LogP contribution in [0.2, 0.25) is 0 Å². The molecular formula is C20H24N4O3. The number of carbonyl (C=O) groups is 1. The number of hydrogen-bond acceptors (Lipinski definition) is 6. The normalized spacial score (nSPS) is 17.0. The molecule has 0 aliphatic carbocycles. The van der Waals surface area contributed by atoms with Gasteiger partial charge in [-0.2, -0.15) is 0 Å². The number of esters is 1. The molecule has 1 saturated heterocycles. The Morgan fingerprint density at radius 3 is 2.81 bits per heavy atom. The summed E-state index contributed by atoms with van der Waals surface area (Å²) in [6.07, 6.45) is 3.82. The van der Waals surface area contributed by atoms with E-state index in [4.69, 9.17) is 20.2 Å². The maximum absolute atomic E-state index is 12.8. The van der Waals surface area contributed by atoms with E-state index >= 15 is 0 Å². The van der Waals surface area contributed by atoms with Crippen LogP contribution in [0.3, 0.4) is 0 Å². The number of unbranched alkanes of at least 4 members (excludes halogenated alkanes) is 1. The van der Waals surface area contributed by atoms with Crippen LogP contribution in [0, 0.1) is 0 Å². The fraction of sp³-hybridized carbons (Fsp3) is 0.450. The first-order valence-electron chi connectivity index (χ1n) is 9.52. The number of ether oxygens (including phenoxy) is 2. The molecule has 0 saturated carbocycles. The summed E-state index contributed by atoms with van der Waals surface area (Å²) in [6.45, 7) is 3.75. The van der Waals surface area contributed by atoms with Crippen molar-refractivity contribution in [2.45, 2.75) is 45.3 Å². The van der Waals surface area contributed by atoms with Crippen molar-refractivity contribution < 1.29 is 14.3 Å². The van der Waals surface area contributed by atoms with E-state index in [2.05, 4.69) is 11.9 Å². The lowest BCUT2D eigenvalue weighted by Gasteiger charge is -2.10. The summed E-state index contributed by atoms with van der Waals surface area (Å²) in [5.41, 5.74) is 9.29. The van der Waals surface area contributed by atoms with Gasteiger partial charge in [0.05, 0.1) is 17.1 Å². The Morgan fingerprint density at radius 2 is 2.11 bits per heavy atom. The van der Waals surface area contributed by atoms with Gasteiger partial charge >= 0.3 is 5.97 Å². The van der Waals surface area contributed by atoms with E-state index in [0.29, 0.717) is 29.1 Å². The molecule has 1 atom stereocenters. The standard InChI is InChI=1S/C20H24N4O3/c1-2-3-10-24-18(21)16(20(25)27-12-13-7-6-11-26-13)17-19(24)23-15-9-5-4-8-14(15)22-17/h4-5,8-9,13H,2-3,6-7,10-12,21H2,1H3/t13-/m1/s1. The highest BCUT2D eigenvalue weighted by Gasteiger charge is 2.26. The monoisotopic (exact) mass is 368 g/mol. The van der Waals surface area contributed by atoms with Crippen molar-refractivity contribution >= 4 is 34.0 Å². The van der Waals surface area contributed by atoms with Crippen LogP contribution in [0.1, 0.15) is 43.0 Å². The highest BCUT2D eigenvalue weighted by Crippen LogP contribution is 2.29. The summed E-state index contributed by atoms with van der Waals surface area (Å²) in [5.74, 6) is -0.0982. The van der Waals surface area contributed by atoms with Crippen LogP contribution in [0.4, 0.5) is 5.82 Å². The van der Waals surface area contributed by atoms with Crippen LogP contribution in [-0.4, -0.2) is 39.8 Å². The van der Waals surface area contributed by atoms with Gasteiger partial charge in [0.25, 0.3) is 0 Å². The number of aromatic nitrogens is 3. The van der Waals surface area contributed by atoms with E-state index < -0.39 is 5.97 Å². The van der Waals surface area contributed by atoms with Crippen LogP contribution in [0.5, 0.6) is 0 Å². The van der Waals surface area contributed by atoms with Gasteiger partial charge in [0.15, 0.2) is 5.65 Å². The van der Waals surface area contributed by atoms with Crippen molar-refractivity contribution in [2.75, 3.05) is 18.9 Å². The Balaban J connectivity index is 1.76. The third-order valence-corrected chi connectivity index (χ3v) is 4.96. The minimum atomic E-state index is -0.465. The molecule has 27 heavy (non-hydrogen) atoms. The van der Waals surface area contributed by atoms with Gasteiger partial charge in [0, 0.05) is 13.2 Å². The van der Waals surface area contributed by atoms with E-state index in [9.17, 15) is 4.79 Å². The van der Waals surface area contributed by atoms with Crippen molar-refractivity contribution in [1.29, 1.82) is 0 Å². The Morgan fingerprint density at radius 1 is 1.33 bits per heavy atom. The summed E-state index contributed by atoms with van der Waals surface area (Å²) >= 11 is 0. The number of carbonyl (C=O) groups excluding carboxylic acids is 1. The molecule has 3 aromatic rings. The molecule has 2 N–H and O–H groups in total. The molecule has 0 spiro atoms. The fourth-order valence-corrected chi connectivity index (χ4v) is 3.48. The number of nitrogen functional groups attached to an aromatic ring is 1. The largest absolute Gasteiger partial charge is 0.459 e. The van der Waals surface area contributed by atoms with Gasteiger partial charge in [0.1, 0.15) is 23.5 Å². The molecule has 0 bridgehead atoms. The molecule has 4 rings (SSSR count). The summed E-state index contributed by atoms with van der Waals surface area (Å²) < 4.78 is 12.9. The highest BCUT2D eigenvalue weighted by molar-refractivity contribution is 6.08. The summed E-state index contributed by atoms with van der Waals surface area (Å²) in [5, 5.41) is 0. The predicted octanol–water partition coefficient (Wildman–Crippen LogP) is 3.30. The quantitative estimate of drug-likeness (QED) is 0.671. The molecule has 1 fully saturated rings. The lowest BCUT2D eigenvalue weighted by molar-refractivity contribution is 0.0163. The van der Waals surface area contributed by atoms with E-state index in [0.717, 1.165) is 43.3 Å². The molecular weight excluding hydrogens is 344 g/mol. The third kappa shape index (κ3) is 3.35. The van der Waals surface area contributed by atoms with Crippen molar-refractivity contribution in [2.24, 2.45) is 0 Å². The maximum Gasteiger partial charge on any atom is 0.344 e. The van der Waals surface area contributed by atoms with Crippen molar-refractivity contribution in [1.82, 2.24) is 14.5 Å². The van der Waals surface area contributed by atoms with Gasteiger partial charge in [-0.05, 0) is 31.4 Å². The number of nitrogens with two attached hydrogens (primary N) is 1. The minimum absolute atomic E-state index is 0.0319. The van der Waals surface area contributed by atoms with Gasteiger partial charge in [-0.3, -0.25) is 0 Å². The molecule has 1 aromatic carbocycles. The smallest absolute Gasteiger partial charge is 0.344 e. The molecule has 1 aliphatic heterocycles. The summed E-state index contributed by atoms with van der Waals surface area (Å²) in [7, 11) is 0. The van der Waals surface area contributed by atoms with Crippen LogP contribution in [0.25, 0.3) is 22.2 Å². The van der Waals surface area contributed by atoms with Crippen molar-refractivity contribution in [3.05, 3.63) is 29.8 Å². The Bertz CT molecular complexity index is 976. The molecule has 0 amide bonds. The number of rotatable bonds is 6. The second-order valence-electron chi connectivity index (χ2n) is 6.88. The Labute approximate surface area is 157 Å². The molecule has 142 valence electrons. The van der Waals surface area contributed by atoms with Crippen LogP contribution >= 0.6 is 0 Å². The Hall–Kier alpha value is -2.67. The lowest BCUT2D eigenvalue weighted by atomic mass is 10.2. The second kappa shape index (κ2) is 7.52. The van der Waals surface area contributed by atoms with Crippen LogP contribution in [-0.2, 0) is 16.0 Å². The molecule has 2 aromatic heterocycles. The first-order valence-corrected chi connectivity index (χ1v) is 9.52. The molecule has 3 heterocycles. The predicted molar refractivity (Wildman–Crippen MR) is 104 cm³/mol. The average molecular weight is 368 g/mol. The molecule has 0 radical (unpaired) electrons. The molecule has 0 unspecified atom stereocenters. The van der Waals surface area contributed by atoms with E-state index in [-0.39, 0.29) is 12.7 Å². The van der Waals surface area contributed by atoms with Gasteiger partial charge in [-0.15, -0.1) is 0 Å². The number of fused-ring (bicyclic) bond motifs is 2. The molecule has 7 heteroatoms. The molecule has 1 aliphatic rings. The first kappa shape index (κ1) is 17.7. The zero-order valence-electron chi connectivity index (χ0n) is 15.5. The topological polar surface area (TPSA) is 92.3 Å². The zero-order valence-corrected chi connectivity index (χ0v) is 15.5. The van der Waals surface area contributed by atoms with Gasteiger partial charge in [-0.1, -0.05) is 25.5 Å². The van der Waals surface area contributed by atoms with Gasteiger partial charge in [-0.25, -0.2) is 14.8 Å². The molecule has 7 nitrogen and oxygen atoms in total. The minimum Gasteiger partial charge on any atom is -0.459 e. The second-order valence-corrected chi connectivity index (χ2v) is 6.88. The summed E-state index contributed by atoms with van der Waals surface area (Å²) in [6, 6.07) is 7.60. The average Bonchev–Trinajstić information content (AvgIpc) is 3.29. The van der Waals surface area contributed by atoms with E-state index in [1.54, 1.807) is 0 Å². The number of aryl methyl sites for hydroxylation is 1. The van der Waals surface area contributed by atoms with E-state index in [1.165, 1.54) is 0 Å². The van der Waals surface area contributed by atoms with Crippen LogP contribution < -0.4 is 5.73 Å². The van der Waals surface area contributed by atoms with Gasteiger partial charge in [0.2, 0.25) is 0 Å². The highest BCUT2D eigenvalue weighted by atomic mass is 16.6. The third-order valence-electron chi connectivity index (χ3n) is 4.96. The Kier molecular flexibility index (Phi) is 4.94. The van der Waals surface area contributed by atoms with Gasteiger partial charge < -0.3 is 19.8 Å².